The Morgan fingerprint density at radius 2 is 2.00 bits per heavy atom. The smallest absolute Gasteiger partial charge is 0.307 e. The molecule has 3 aliphatic carbocycles. The maximum Gasteiger partial charge on any atom is 0.307 e. The topological polar surface area (TPSA) is 66.4 Å². The Bertz CT molecular complexity index is 597. The Hall–Kier alpha value is -1.32. The van der Waals surface area contributed by atoms with Crippen molar-refractivity contribution in [3.63, 3.8) is 0 Å². The molecule has 2 N–H and O–H groups in total. The third-order valence-electron chi connectivity index (χ3n) is 7.91. The monoisotopic (exact) mass is 317 g/mol. The Labute approximate surface area is 137 Å². The lowest BCUT2D eigenvalue weighted by Crippen LogP contribution is -2.53. The summed E-state index contributed by atoms with van der Waals surface area (Å²) in [4.78, 5) is 23.4. The summed E-state index contributed by atoms with van der Waals surface area (Å²) in [5.74, 6) is 1.08. The van der Waals surface area contributed by atoms with Crippen molar-refractivity contribution >= 4 is 11.9 Å². The van der Waals surface area contributed by atoms with Gasteiger partial charge in [-0.1, -0.05) is 19.9 Å². The van der Waals surface area contributed by atoms with Crippen molar-refractivity contribution in [2.75, 3.05) is 0 Å². The second kappa shape index (κ2) is 4.84. The van der Waals surface area contributed by atoms with Crippen LogP contribution in [0.3, 0.4) is 0 Å². The molecular weight excluding hydrogens is 290 g/mol. The highest BCUT2D eigenvalue weighted by Gasteiger charge is 2.60. The van der Waals surface area contributed by atoms with Crippen molar-refractivity contribution in [1.82, 2.24) is 5.32 Å². The Morgan fingerprint density at radius 3 is 2.74 bits per heavy atom. The van der Waals surface area contributed by atoms with Crippen LogP contribution in [0.5, 0.6) is 0 Å². The molecule has 4 rings (SSSR count). The molecule has 0 aromatic rings. The Kier molecular flexibility index (Phi) is 3.20. The molecule has 1 aliphatic heterocycles. The Balaban J connectivity index is 1.67. The summed E-state index contributed by atoms with van der Waals surface area (Å²) >= 11 is 0. The van der Waals surface area contributed by atoms with Gasteiger partial charge in [0.15, 0.2) is 0 Å². The molecule has 126 valence electrons. The molecule has 2 saturated carbocycles. The Morgan fingerprint density at radius 1 is 1.22 bits per heavy atom. The summed E-state index contributed by atoms with van der Waals surface area (Å²) in [6.07, 6.45) is 8.83. The van der Waals surface area contributed by atoms with Gasteiger partial charge >= 0.3 is 5.97 Å². The van der Waals surface area contributed by atoms with Crippen LogP contribution in [0.1, 0.15) is 58.8 Å². The molecule has 0 radical (unpaired) electrons. The molecule has 1 heterocycles. The fourth-order valence-corrected chi connectivity index (χ4v) is 6.60. The van der Waals surface area contributed by atoms with E-state index in [1.807, 2.05) is 0 Å². The van der Waals surface area contributed by atoms with E-state index in [2.05, 4.69) is 25.2 Å². The molecular formula is C19H27NO3. The van der Waals surface area contributed by atoms with Gasteiger partial charge in [0.25, 0.3) is 0 Å². The van der Waals surface area contributed by atoms with Gasteiger partial charge in [-0.05, 0) is 61.7 Å². The number of hydrogen-bond acceptors (Lipinski definition) is 2. The number of carbonyl (C=O) groups excluding carboxylic acids is 1. The molecule has 4 nitrogen and oxygen atoms in total. The molecule has 3 fully saturated rings. The molecule has 4 heteroatoms. The zero-order valence-corrected chi connectivity index (χ0v) is 14.1. The van der Waals surface area contributed by atoms with Gasteiger partial charge < -0.3 is 10.4 Å². The molecule has 23 heavy (non-hydrogen) atoms. The van der Waals surface area contributed by atoms with Gasteiger partial charge in [-0.25, -0.2) is 0 Å². The number of aliphatic carboxylic acids is 1. The van der Waals surface area contributed by atoms with Gasteiger partial charge in [-0.15, -0.1) is 0 Å². The molecule has 0 aromatic carbocycles. The predicted octanol–water partition coefficient (Wildman–Crippen LogP) is 3.33. The third kappa shape index (κ3) is 1.96. The SMILES string of the molecule is C[C@]12CCC(=O)NC1=CCC1C2CC[C@@]2(C)C1CC[C@@H]2C(=O)O. The number of carboxylic acids is 1. The summed E-state index contributed by atoms with van der Waals surface area (Å²) in [7, 11) is 0. The van der Waals surface area contributed by atoms with E-state index in [4.69, 9.17) is 0 Å². The van der Waals surface area contributed by atoms with Crippen LogP contribution in [-0.2, 0) is 9.59 Å². The first-order chi connectivity index (χ1) is 10.9. The van der Waals surface area contributed by atoms with Gasteiger partial charge in [0.05, 0.1) is 5.92 Å². The van der Waals surface area contributed by atoms with E-state index in [1.165, 1.54) is 0 Å². The first-order valence-electron chi connectivity index (χ1n) is 9.09. The largest absolute Gasteiger partial charge is 0.481 e. The van der Waals surface area contributed by atoms with E-state index in [9.17, 15) is 14.7 Å². The van der Waals surface area contributed by atoms with Crippen LogP contribution in [-0.4, -0.2) is 17.0 Å². The number of piperidine rings is 1. The maximum absolute atomic E-state index is 11.8. The van der Waals surface area contributed by atoms with Crippen LogP contribution in [0.4, 0.5) is 0 Å². The van der Waals surface area contributed by atoms with Gasteiger partial charge in [0.1, 0.15) is 0 Å². The lowest BCUT2D eigenvalue weighted by Gasteiger charge is -2.56. The molecule has 0 spiro atoms. The maximum atomic E-state index is 11.8. The number of hydrogen-bond donors (Lipinski definition) is 2. The summed E-state index contributed by atoms with van der Waals surface area (Å²) < 4.78 is 0. The van der Waals surface area contributed by atoms with Crippen molar-refractivity contribution in [2.24, 2.45) is 34.5 Å². The van der Waals surface area contributed by atoms with Crippen molar-refractivity contribution in [3.8, 4) is 0 Å². The summed E-state index contributed by atoms with van der Waals surface area (Å²) in [6, 6.07) is 0. The van der Waals surface area contributed by atoms with Crippen LogP contribution in [0.25, 0.3) is 0 Å². The molecule has 1 saturated heterocycles. The second-order valence-corrected chi connectivity index (χ2v) is 8.71. The lowest BCUT2D eigenvalue weighted by atomic mass is 9.49. The summed E-state index contributed by atoms with van der Waals surface area (Å²) in [6.45, 7) is 4.55. The molecule has 4 aliphatic rings. The van der Waals surface area contributed by atoms with Gasteiger partial charge in [0, 0.05) is 17.5 Å². The van der Waals surface area contributed by atoms with Crippen molar-refractivity contribution in [3.05, 3.63) is 11.8 Å². The minimum atomic E-state index is -0.600. The van der Waals surface area contributed by atoms with Crippen molar-refractivity contribution in [1.29, 1.82) is 0 Å². The van der Waals surface area contributed by atoms with Crippen LogP contribution in [0, 0.1) is 34.5 Å². The number of amides is 1. The van der Waals surface area contributed by atoms with E-state index in [0.717, 1.165) is 44.2 Å². The van der Waals surface area contributed by atoms with Crippen LogP contribution in [0.2, 0.25) is 0 Å². The number of carboxylic acid groups (broad SMARTS) is 1. The van der Waals surface area contributed by atoms with Crippen LogP contribution >= 0.6 is 0 Å². The highest BCUT2D eigenvalue weighted by molar-refractivity contribution is 5.79. The zero-order chi connectivity index (χ0) is 16.4. The molecule has 6 atom stereocenters. The summed E-state index contributed by atoms with van der Waals surface area (Å²) in [5.41, 5.74) is 1.19. The molecule has 3 unspecified atom stereocenters. The number of fused-ring (bicyclic) bond motifs is 5. The fourth-order valence-electron chi connectivity index (χ4n) is 6.60. The first-order valence-corrected chi connectivity index (χ1v) is 9.09. The zero-order valence-electron chi connectivity index (χ0n) is 14.1. The third-order valence-corrected chi connectivity index (χ3v) is 7.91. The minimum Gasteiger partial charge on any atom is -0.481 e. The van der Waals surface area contributed by atoms with Gasteiger partial charge in [-0.3, -0.25) is 9.59 Å². The van der Waals surface area contributed by atoms with Gasteiger partial charge in [-0.2, -0.15) is 0 Å². The van der Waals surface area contributed by atoms with Crippen LogP contribution in [0.15, 0.2) is 11.8 Å². The highest BCUT2D eigenvalue weighted by atomic mass is 16.4. The van der Waals surface area contributed by atoms with E-state index in [-0.39, 0.29) is 22.7 Å². The predicted molar refractivity (Wildman–Crippen MR) is 86.4 cm³/mol. The highest BCUT2D eigenvalue weighted by Crippen LogP contribution is 2.65. The van der Waals surface area contributed by atoms with E-state index >= 15 is 0 Å². The fraction of sp³-hybridized carbons (Fsp3) is 0.789. The number of allylic oxidation sites excluding steroid dienone is 2. The molecule has 0 aromatic heterocycles. The van der Waals surface area contributed by atoms with E-state index in [0.29, 0.717) is 24.2 Å². The molecule has 0 bridgehead atoms. The normalized spacial score (nSPS) is 48.6. The average molecular weight is 317 g/mol. The van der Waals surface area contributed by atoms with Gasteiger partial charge in [0.2, 0.25) is 5.91 Å². The number of carbonyl (C=O) groups is 2. The summed E-state index contributed by atoms with van der Waals surface area (Å²) in [5, 5.41) is 12.7. The molecule has 1 amide bonds. The second-order valence-electron chi connectivity index (χ2n) is 8.71. The lowest BCUT2D eigenvalue weighted by molar-refractivity contribution is -0.149. The quantitative estimate of drug-likeness (QED) is 0.779. The van der Waals surface area contributed by atoms with E-state index in [1.54, 1.807) is 0 Å². The number of nitrogens with one attached hydrogen (secondary N) is 1. The minimum absolute atomic E-state index is 0.0351. The van der Waals surface area contributed by atoms with Crippen LogP contribution < -0.4 is 5.32 Å². The van der Waals surface area contributed by atoms with E-state index < -0.39 is 5.97 Å². The first kappa shape index (κ1) is 15.2. The number of rotatable bonds is 1. The average Bonchev–Trinajstić information content (AvgIpc) is 2.85. The van der Waals surface area contributed by atoms with Crippen molar-refractivity contribution in [2.45, 2.75) is 58.8 Å². The van der Waals surface area contributed by atoms with Crippen molar-refractivity contribution < 1.29 is 14.7 Å². The standard InChI is InChI=1S/C19H27NO3/c1-18-9-7-13-11(12(18)4-5-14(18)17(22)23)3-6-15-19(13,2)10-8-16(21)20-15/h6,11-14H,3-5,7-10H2,1-2H3,(H,20,21)(H,22,23)/t11?,12?,13?,14-,18+,19-/m1/s1.